The van der Waals surface area contributed by atoms with Gasteiger partial charge >= 0.3 is 6.18 Å². The molecule has 0 spiro atoms. The Kier molecular flexibility index (Phi) is 6.21. The number of hydrogen-bond acceptors (Lipinski definition) is 4. The zero-order valence-electron chi connectivity index (χ0n) is 15.9. The zero-order valence-corrected chi connectivity index (χ0v) is 16.8. The van der Waals surface area contributed by atoms with Gasteiger partial charge < -0.3 is 9.47 Å². The summed E-state index contributed by atoms with van der Waals surface area (Å²) in [6, 6.07) is 11.2. The molecule has 1 aliphatic rings. The van der Waals surface area contributed by atoms with Crippen molar-refractivity contribution in [3.05, 3.63) is 54.1 Å². The first kappa shape index (κ1) is 21.6. The van der Waals surface area contributed by atoms with Crippen LogP contribution in [-0.4, -0.2) is 39.0 Å². The molecule has 0 amide bonds. The van der Waals surface area contributed by atoms with Gasteiger partial charge in [0.2, 0.25) is 10.0 Å². The van der Waals surface area contributed by atoms with Crippen molar-refractivity contribution in [1.29, 1.82) is 0 Å². The van der Waals surface area contributed by atoms with Gasteiger partial charge in [0, 0.05) is 0 Å². The summed E-state index contributed by atoms with van der Waals surface area (Å²) in [5, 5.41) is -0.574. The minimum absolute atomic E-state index is 0.207. The third-order valence-corrected chi connectivity index (χ3v) is 6.50. The number of alkyl halides is 3. The lowest BCUT2D eigenvalue weighted by molar-refractivity contribution is -0.137. The van der Waals surface area contributed by atoms with Crippen LogP contribution in [0, 0.1) is 0 Å². The predicted molar refractivity (Wildman–Crippen MR) is 103 cm³/mol. The molecule has 5 nitrogen and oxygen atoms in total. The molecule has 9 heteroatoms. The van der Waals surface area contributed by atoms with Crippen molar-refractivity contribution in [3.8, 4) is 16.9 Å². The number of halogens is 3. The fourth-order valence-corrected chi connectivity index (χ4v) is 3.80. The molecule has 1 heterocycles. The van der Waals surface area contributed by atoms with Crippen molar-refractivity contribution in [3.63, 3.8) is 0 Å². The second kappa shape index (κ2) is 8.33. The second-order valence-corrected chi connectivity index (χ2v) is 9.38. The summed E-state index contributed by atoms with van der Waals surface area (Å²) in [5.74, 6) is 0.477. The monoisotopic (exact) mass is 429 g/mol. The van der Waals surface area contributed by atoms with E-state index in [4.69, 9.17) is 9.47 Å². The molecule has 0 aliphatic carbocycles. The summed E-state index contributed by atoms with van der Waals surface area (Å²) in [4.78, 5) is 0. The molecule has 1 N–H and O–H groups in total. The van der Waals surface area contributed by atoms with Crippen LogP contribution in [0.15, 0.2) is 48.5 Å². The average Bonchev–Trinajstić information content (AvgIpc) is 3.07. The van der Waals surface area contributed by atoms with Crippen LogP contribution >= 0.6 is 0 Å². The number of hydrogen-bond donors (Lipinski definition) is 1. The van der Waals surface area contributed by atoms with Gasteiger partial charge in [0.05, 0.1) is 30.1 Å². The number of sulfonamides is 1. The number of ether oxygens (including phenoxy) is 2. The molecular weight excluding hydrogens is 407 g/mol. The number of nitrogens with one attached hydrogen (secondary N) is 1. The molecule has 2 atom stereocenters. The highest BCUT2D eigenvalue weighted by atomic mass is 32.2. The van der Waals surface area contributed by atoms with Gasteiger partial charge in [-0.25, -0.2) is 13.1 Å². The van der Waals surface area contributed by atoms with Crippen LogP contribution in [0.25, 0.3) is 11.1 Å². The van der Waals surface area contributed by atoms with Crippen LogP contribution in [-0.2, 0) is 20.9 Å². The van der Waals surface area contributed by atoms with Crippen LogP contribution in [0.5, 0.6) is 5.75 Å². The Hall–Kier alpha value is -2.10. The molecule has 158 valence electrons. The molecular formula is C20H22F3NO4S. The molecule has 0 saturated carbocycles. The van der Waals surface area contributed by atoms with Crippen LogP contribution in [0.1, 0.15) is 19.4 Å². The highest BCUT2D eigenvalue weighted by molar-refractivity contribution is 7.90. The highest BCUT2D eigenvalue weighted by Crippen LogP contribution is 2.32. The van der Waals surface area contributed by atoms with E-state index in [1.54, 1.807) is 44.2 Å². The Labute approximate surface area is 167 Å². The largest absolute Gasteiger partial charge is 0.486 e. The smallest absolute Gasteiger partial charge is 0.416 e. The Morgan fingerprint density at radius 3 is 2.38 bits per heavy atom. The lowest BCUT2D eigenvalue weighted by Crippen LogP contribution is -2.47. The van der Waals surface area contributed by atoms with Gasteiger partial charge in [-0.05, 0) is 49.2 Å². The Bertz CT molecular complexity index is 943. The van der Waals surface area contributed by atoms with E-state index in [-0.39, 0.29) is 13.2 Å². The molecule has 0 unspecified atom stereocenters. The molecule has 3 rings (SSSR count). The first-order valence-electron chi connectivity index (χ1n) is 9.09. The van der Waals surface area contributed by atoms with E-state index in [1.807, 2.05) is 0 Å². The molecule has 1 saturated heterocycles. The Morgan fingerprint density at radius 1 is 1.07 bits per heavy atom. The molecule has 2 aromatic carbocycles. The summed E-state index contributed by atoms with van der Waals surface area (Å²) >= 11 is 0. The summed E-state index contributed by atoms with van der Waals surface area (Å²) in [5.41, 5.74) is 0.347. The lowest BCUT2D eigenvalue weighted by Gasteiger charge is -2.21. The molecule has 2 aromatic rings. The quantitative estimate of drug-likeness (QED) is 0.758. The molecule has 1 fully saturated rings. The van der Waals surface area contributed by atoms with E-state index < -0.39 is 39.2 Å². The Morgan fingerprint density at radius 2 is 1.76 bits per heavy atom. The topological polar surface area (TPSA) is 64.6 Å². The summed E-state index contributed by atoms with van der Waals surface area (Å²) in [7, 11) is -3.47. The molecule has 1 aliphatic heterocycles. The van der Waals surface area contributed by atoms with Gasteiger partial charge in [-0.2, -0.15) is 13.2 Å². The standard InChI is InChI=1S/C20H22F3NO4S/c1-13(2)29(25,26)24-18-11-27-12-19(18)28-17-8-6-14(7-9-17)15-4-3-5-16(10-15)20(21,22)23/h3-10,13,18-19,24H,11-12H2,1-2H3/t18-,19+/m1/s1. The van der Waals surface area contributed by atoms with Gasteiger partial charge in [-0.1, -0.05) is 24.3 Å². The fraction of sp³-hybridized carbons (Fsp3) is 0.400. The van der Waals surface area contributed by atoms with Gasteiger partial charge in [0.15, 0.2) is 0 Å². The maximum Gasteiger partial charge on any atom is 0.416 e. The minimum Gasteiger partial charge on any atom is -0.486 e. The van der Waals surface area contributed by atoms with Crippen LogP contribution in [0.4, 0.5) is 13.2 Å². The van der Waals surface area contributed by atoms with Crippen LogP contribution in [0.2, 0.25) is 0 Å². The zero-order chi connectivity index (χ0) is 21.2. The first-order chi connectivity index (χ1) is 13.6. The van der Waals surface area contributed by atoms with E-state index in [0.29, 0.717) is 16.9 Å². The van der Waals surface area contributed by atoms with E-state index in [9.17, 15) is 21.6 Å². The van der Waals surface area contributed by atoms with Crippen molar-refractivity contribution >= 4 is 10.0 Å². The van der Waals surface area contributed by atoms with E-state index >= 15 is 0 Å². The van der Waals surface area contributed by atoms with Gasteiger partial charge in [0.25, 0.3) is 0 Å². The molecule has 0 aromatic heterocycles. The Balaban J connectivity index is 1.71. The molecule has 29 heavy (non-hydrogen) atoms. The van der Waals surface area contributed by atoms with Crippen molar-refractivity contribution in [2.45, 2.75) is 37.4 Å². The minimum atomic E-state index is -4.40. The third kappa shape index (κ3) is 5.29. The molecule has 0 bridgehead atoms. The van der Waals surface area contributed by atoms with Crippen LogP contribution < -0.4 is 9.46 Å². The maximum atomic E-state index is 12.9. The lowest BCUT2D eigenvalue weighted by atomic mass is 10.0. The molecule has 0 radical (unpaired) electrons. The fourth-order valence-electron chi connectivity index (χ4n) is 2.88. The summed E-state index contributed by atoms with van der Waals surface area (Å²) < 4.78 is 76.7. The van der Waals surface area contributed by atoms with Crippen LogP contribution in [0.3, 0.4) is 0 Å². The SMILES string of the molecule is CC(C)S(=O)(=O)N[C@@H]1COC[C@@H]1Oc1ccc(-c2cccc(C(F)(F)F)c2)cc1. The highest BCUT2D eigenvalue weighted by Gasteiger charge is 2.34. The van der Waals surface area contributed by atoms with E-state index in [1.165, 1.54) is 6.07 Å². The van der Waals surface area contributed by atoms with Gasteiger partial charge in [-0.15, -0.1) is 0 Å². The van der Waals surface area contributed by atoms with Crippen molar-refractivity contribution in [2.24, 2.45) is 0 Å². The van der Waals surface area contributed by atoms with Crippen molar-refractivity contribution in [2.75, 3.05) is 13.2 Å². The summed E-state index contributed by atoms with van der Waals surface area (Å²) in [6.45, 7) is 3.61. The number of benzene rings is 2. The van der Waals surface area contributed by atoms with Gasteiger partial charge in [0.1, 0.15) is 11.9 Å². The second-order valence-electron chi connectivity index (χ2n) is 7.11. The maximum absolute atomic E-state index is 12.9. The normalized spacial score (nSPS) is 20.2. The van der Waals surface area contributed by atoms with Crippen molar-refractivity contribution < 1.29 is 31.1 Å². The number of rotatable bonds is 6. The van der Waals surface area contributed by atoms with E-state index in [2.05, 4.69) is 4.72 Å². The summed E-state index contributed by atoms with van der Waals surface area (Å²) in [6.07, 6.45) is -4.90. The van der Waals surface area contributed by atoms with Gasteiger partial charge in [-0.3, -0.25) is 0 Å². The predicted octanol–water partition coefficient (Wildman–Crippen LogP) is 3.85. The van der Waals surface area contributed by atoms with Crippen molar-refractivity contribution in [1.82, 2.24) is 4.72 Å². The van der Waals surface area contributed by atoms with E-state index in [0.717, 1.165) is 12.1 Å². The third-order valence-electron chi connectivity index (χ3n) is 4.63. The first-order valence-corrected chi connectivity index (χ1v) is 10.6. The average molecular weight is 429 g/mol.